The van der Waals surface area contributed by atoms with E-state index in [1.807, 2.05) is 0 Å². The average Bonchev–Trinajstić information content (AvgIpc) is 2.44. The van der Waals surface area contributed by atoms with Crippen molar-refractivity contribution in [2.75, 3.05) is 26.2 Å². The van der Waals surface area contributed by atoms with Crippen LogP contribution in [0.15, 0.2) is 0 Å². The molecule has 0 aromatic carbocycles. The Balaban J connectivity index is 2.26. The molecule has 0 radical (unpaired) electrons. The number of nitrogens with zero attached hydrogens (tertiary/aromatic N) is 1. The molecule has 1 atom stereocenters. The molecule has 19 heavy (non-hydrogen) atoms. The maximum atomic E-state index is 12.4. The van der Waals surface area contributed by atoms with Crippen molar-refractivity contribution in [1.29, 1.82) is 0 Å². The van der Waals surface area contributed by atoms with Gasteiger partial charge in [0, 0.05) is 6.54 Å². The van der Waals surface area contributed by atoms with Crippen molar-refractivity contribution in [2.24, 2.45) is 0 Å². The Morgan fingerprint density at radius 2 is 2.05 bits per heavy atom. The van der Waals surface area contributed by atoms with Crippen LogP contribution in [0.25, 0.3) is 0 Å². The van der Waals surface area contributed by atoms with Crippen molar-refractivity contribution in [3.63, 3.8) is 0 Å². The summed E-state index contributed by atoms with van der Waals surface area (Å²) < 4.78 is 0. The van der Waals surface area contributed by atoms with Gasteiger partial charge in [-0.1, -0.05) is 13.3 Å². The van der Waals surface area contributed by atoms with E-state index in [2.05, 4.69) is 17.6 Å². The lowest BCUT2D eigenvalue weighted by molar-refractivity contribution is -0.160. The average molecular weight is 269 g/mol. The van der Waals surface area contributed by atoms with E-state index in [0.29, 0.717) is 19.4 Å². The van der Waals surface area contributed by atoms with Crippen LogP contribution in [-0.4, -0.2) is 59.6 Å². The smallest absolute Gasteiger partial charge is 0.248 e. The summed E-state index contributed by atoms with van der Waals surface area (Å²) in [5.74, 6) is -0.249. The number of carbonyl (C=O) groups is 2. The maximum Gasteiger partial charge on any atom is 0.248 e. The molecule has 0 aromatic rings. The highest BCUT2D eigenvalue weighted by atomic mass is 16.3. The first-order chi connectivity index (χ1) is 9.15. The molecule has 0 saturated carbocycles. The van der Waals surface area contributed by atoms with E-state index in [0.717, 1.165) is 25.9 Å². The van der Waals surface area contributed by atoms with E-state index in [-0.39, 0.29) is 18.4 Å². The van der Waals surface area contributed by atoms with E-state index < -0.39 is 11.6 Å². The highest BCUT2D eigenvalue weighted by Gasteiger charge is 2.52. The standard InChI is InChI=1S/C13H23N3O3/c1-2-3-8-16-11(18)10(9-17)15-12(19)13(16)4-6-14-7-5-13/h10,14,17H,2-9H2,1H3,(H,15,19)/t10-/m0/s1. The molecule has 2 fully saturated rings. The quantitative estimate of drug-likeness (QED) is 0.626. The number of unbranched alkanes of at least 4 members (excludes halogenated alkanes) is 1. The third-order valence-electron chi connectivity index (χ3n) is 4.16. The normalized spacial score (nSPS) is 26.6. The van der Waals surface area contributed by atoms with Crippen molar-refractivity contribution in [2.45, 2.75) is 44.2 Å². The van der Waals surface area contributed by atoms with Crippen molar-refractivity contribution < 1.29 is 14.7 Å². The Kier molecular flexibility index (Phi) is 4.42. The molecule has 2 amide bonds. The fraction of sp³-hybridized carbons (Fsp3) is 0.846. The zero-order valence-electron chi connectivity index (χ0n) is 11.4. The lowest BCUT2D eigenvalue weighted by Crippen LogP contribution is -2.73. The minimum Gasteiger partial charge on any atom is -0.394 e. The van der Waals surface area contributed by atoms with Crippen LogP contribution in [0.3, 0.4) is 0 Å². The lowest BCUT2D eigenvalue weighted by atomic mass is 9.82. The van der Waals surface area contributed by atoms with Gasteiger partial charge in [0.2, 0.25) is 11.8 Å². The van der Waals surface area contributed by atoms with Gasteiger partial charge in [0.15, 0.2) is 0 Å². The Morgan fingerprint density at radius 1 is 1.37 bits per heavy atom. The highest BCUT2D eigenvalue weighted by Crippen LogP contribution is 2.30. The van der Waals surface area contributed by atoms with Crippen molar-refractivity contribution in [1.82, 2.24) is 15.5 Å². The summed E-state index contributed by atoms with van der Waals surface area (Å²) in [6.45, 7) is 3.81. The molecule has 1 spiro atoms. The summed E-state index contributed by atoms with van der Waals surface area (Å²) in [7, 11) is 0. The molecule has 6 nitrogen and oxygen atoms in total. The van der Waals surface area contributed by atoms with Gasteiger partial charge in [-0.3, -0.25) is 9.59 Å². The second kappa shape index (κ2) is 5.88. The number of piperidine rings is 1. The predicted octanol–water partition coefficient (Wildman–Crippen LogP) is -0.772. The number of aliphatic hydroxyl groups is 1. The van der Waals surface area contributed by atoms with Crippen molar-refractivity contribution in [3.8, 4) is 0 Å². The first kappa shape index (κ1) is 14.3. The summed E-state index contributed by atoms with van der Waals surface area (Å²) in [5, 5.41) is 15.1. The molecule has 108 valence electrons. The second-order valence-electron chi connectivity index (χ2n) is 5.33. The first-order valence-electron chi connectivity index (χ1n) is 7.09. The fourth-order valence-electron chi connectivity index (χ4n) is 2.98. The molecule has 0 aromatic heterocycles. The van der Waals surface area contributed by atoms with Crippen molar-refractivity contribution >= 4 is 11.8 Å². The number of carbonyl (C=O) groups excluding carboxylic acids is 2. The van der Waals surface area contributed by atoms with Crippen LogP contribution in [0.1, 0.15) is 32.6 Å². The van der Waals surface area contributed by atoms with Crippen LogP contribution in [0, 0.1) is 0 Å². The number of hydrogen-bond acceptors (Lipinski definition) is 4. The lowest BCUT2D eigenvalue weighted by Gasteiger charge is -2.49. The van der Waals surface area contributed by atoms with Gasteiger partial charge < -0.3 is 20.6 Å². The third-order valence-corrected chi connectivity index (χ3v) is 4.16. The molecule has 0 bridgehead atoms. The number of nitrogens with one attached hydrogen (secondary N) is 2. The van der Waals surface area contributed by atoms with Crippen molar-refractivity contribution in [3.05, 3.63) is 0 Å². The zero-order chi connectivity index (χ0) is 13.9. The Labute approximate surface area is 113 Å². The second-order valence-corrected chi connectivity index (χ2v) is 5.33. The molecule has 0 unspecified atom stereocenters. The van der Waals surface area contributed by atoms with Crippen LogP contribution >= 0.6 is 0 Å². The van der Waals surface area contributed by atoms with Gasteiger partial charge in [0.1, 0.15) is 11.6 Å². The van der Waals surface area contributed by atoms with Gasteiger partial charge >= 0.3 is 0 Å². The number of amides is 2. The number of aliphatic hydroxyl groups excluding tert-OH is 1. The van der Waals surface area contributed by atoms with E-state index in [1.54, 1.807) is 4.90 Å². The molecule has 2 rings (SSSR count). The summed E-state index contributed by atoms with van der Waals surface area (Å²) in [6.07, 6.45) is 3.15. The molecule has 2 heterocycles. The minimum absolute atomic E-state index is 0.108. The van der Waals surface area contributed by atoms with E-state index in [1.165, 1.54) is 0 Å². The van der Waals surface area contributed by atoms with Crippen LogP contribution in [0.5, 0.6) is 0 Å². The first-order valence-corrected chi connectivity index (χ1v) is 7.09. The van der Waals surface area contributed by atoms with Crippen LogP contribution in [-0.2, 0) is 9.59 Å². The van der Waals surface area contributed by atoms with Gasteiger partial charge in [-0.25, -0.2) is 0 Å². The van der Waals surface area contributed by atoms with Gasteiger partial charge in [-0.05, 0) is 32.4 Å². The van der Waals surface area contributed by atoms with Gasteiger partial charge in [0.05, 0.1) is 6.61 Å². The molecule has 0 aliphatic carbocycles. The topological polar surface area (TPSA) is 81.7 Å². The van der Waals surface area contributed by atoms with Gasteiger partial charge in [-0.2, -0.15) is 0 Å². The van der Waals surface area contributed by atoms with Gasteiger partial charge in [-0.15, -0.1) is 0 Å². The highest BCUT2D eigenvalue weighted by molar-refractivity contribution is 6.00. The summed E-state index contributed by atoms with van der Waals surface area (Å²) >= 11 is 0. The molecular weight excluding hydrogens is 246 g/mol. The van der Waals surface area contributed by atoms with E-state index in [4.69, 9.17) is 0 Å². The Hall–Kier alpha value is -1.14. The van der Waals surface area contributed by atoms with Gasteiger partial charge in [0.25, 0.3) is 0 Å². The van der Waals surface area contributed by atoms with E-state index >= 15 is 0 Å². The number of piperazine rings is 1. The number of rotatable bonds is 4. The minimum atomic E-state index is -0.773. The Morgan fingerprint density at radius 3 is 2.63 bits per heavy atom. The molecular formula is C13H23N3O3. The maximum absolute atomic E-state index is 12.4. The third kappa shape index (κ3) is 2.47. The monoisotopic (exact) mass is 269 g/mol. The Bertz CT molecular complexity index is 353. The molecule has 2 aliphatic heterocycles. The molecule has 2 saturated heterocycles. The van der Waals surface area contributed by atoms with Crippen LogP contribution < -0.4 is 10.6 Å². The van der Waals surface area contributed by atoms with Crippen LogP contribution in [0.4, 0.5) is 0 Å². The zero-order valence-corrected chi connectivity index (χ0v) is 11.4. The van der Waals surface area contributed by atoms with Crippen LogP contribution in [0.2, 0.25) is 0 Å². The molecule has 3 N–H and O–H groups in total. The van der Waals surface area contributed by atoms with E-state index in [9.17, 15) is 14.7 Å². The number of hydrogen-bond donors (Lipinski definition) is 3. The molecule has 2 aliphatic rings. The summed E-state index contributed by atoms with van der Waals surface area (Å²) in [5.41, 5.74) is -0.705. The molecule has 6 heteroatoms. The predicted molar refractivity (Wildman–Crippen MR) is 70.5 cm³/mol. The summed E-state index contributed by atoms with van der Waals surface area (Å²) in [4.78, 5) is 26.5. The largest absolute Gasteiger partial charge is 0.394 e. The summed E-state index contributed by atoms with van der Waals surface area (Å²) in [6, 6.07) is -0.773. The SMILES string of the molecule is CCCCN1C(=O)[C@H](CO)NC(=O)C12CCNCC2. The fourth-order valence-corrected chi connectivity index (χ4v) is 2.98.